The minimum absolute atomic E-state index is 0.00542. The van der Waals surface area contributed by atoms with Crippen molar-refractivity contribution in [2.24, 2.45) is 63.1 Å². The van der Waals surface area contributed by atoms with E-state index in [-0.39, 0.29) is 76.8 Å². The third kappa shape index (κ3) is 48.9. The molecule has 814 valence electrons. The number of carboxylic acid groups (broad SMARTS) is 5. The van der Waals surface area contributed by atoms with E-state index in [0.29, 0.717) is 5.56 Å². The zero-order chi connectivity index (χ0) is 111. The zero-order valence-electron chi connectivity index (χ0n) is 83.1. The highest BCUT2D eigenvalue weighted by molar-refractivity contribution is 6.03. The van der Waals surface area contributed by atoms with Crippen LogP contribution in [0, 0.1) is 23.7 Å². The predicted octanol–water partition coefficient (Wildman–Crippen LogP) is -10.1. The van der Waals surface area contributed by atoms with Gasteiger partial charge in [0, 0.05) is 38.6 Å². The molecule has 0 heterocycles. The first-order chi connectivity index (χ1) is 67.7. The zero-order valence-corrected chi connectivity index (χ0v) is 83.1. The molecule has 0 aliphatic heterocycles. The van der Waals surface area contributed by atoms with Gasteiger partial charge in [0.15, 0.2) is 5.96 Å². The van der Waals surface area contributed by atoms with Crippen LogP contribution in [0.2, 0.25) is 0 Å². The molecule has 56 heteroatoms. The molecular formula is C89H146N24O32. The molecule has 0 fully saturated rings. The third-order valence-electron chi connectivity index (χ3n) is 22.6. The molecule has 37 N–H and O–H groups in total. The number of unbranched alkanes of at least 4 members (excludes halogenated alkanes) is 1. The number of guanidine groups is 1. The van der Waals surface area contributed by atoms with Crippen LogP contribution in [0.1, 0.15) is 204 Å². The monoisotopic (exact) mass is 2060 g/mol. The maximum atomic E-state index is 14.5. The molecule has 0 aliphatic rings. The lowest BCUT2D eigenvalue weighted by Crippen LogP contribution is -2.63. The van der Waals surface area contributed by atoms with Crippen LogP contribution in [0.4, 0.5) is 0 Å². The van der Waals surface area contributed by atoms with Crippen LogP contribution >= 0.6 is 0 Å². The van der Waals surface area contributed by atoms with Crippen molar-refractivity contribution in [1.29, 1.82) is 0 Å². The maximum absolute atomic E-state index is 14.5. The summed E-state index contributed by atoms with van der Waals surface area (Å²) in [5, 5.41) is 120. The number of carboxylic acids is 5. The molecule has 145 heavy (non-hydrogen) atoms. The topological polar surface area (TPSA) is 945 Å². The van der Waals surface area contributed by atoms with Crippen LogP contribution in [0.25, 0.3) is 0 Å². The number of primary amides is 2. The number of hydrogen-bond acceptors (Lipinski definition) is 30. The largest absolute Gasteiger partial charge is 0.481 e. The number of aliphatic hydroxyl groups is 3. The summed E-state index contributed by atoms with van der Waals surface area (Å²) in [5.74, 6) is -33.6. The number of aliphatic imine (C=N–C) groups is 1. The van der Waals surface area contributed by atoms with E-state index in [0.717, 1.165) is 20.8 Å². The number of amides is 19. The molecule has 22 atom stereocenters. The molecule has 0 unspecified atom stereocenters. The Morgan fingerprint density at radius 2 is 0.641 bits per heavy atom. The Morgan fingerprint density at radius 3 is 1.03 bits per heavy atom. The second kappa shape index (κ2) is 65.7. The molecule has 0 saturated heterocycles. The average Bonchev–Trinajstić information content (AvgIpc) is 0.837. The van der Waals surface area contributed by atoms with Crippen LogP contribution in [0.15, 0.2) is 35.3 Å². The second-order valence-corrected chi connectivity index (χ2v) is 35.7. The van der Waals surface area contributed by atoms with E-state index in [1.807, 2.05) is 0 Å². The summed E-state index contributed by atoms with van der Waals surface area (Å²) in [5.41, 5.74) is 33.5. The molecule has 0 spiro atoms. The van der Waals surface area contributed by atoms with Crippen molar-refractivity contribution in [3.63, 3.8) is 0 Å². The Hall–Kier alpha value is -14.4. The highest BCUT2D eigenvalue weighted by atomic mass is 16.4. The molecule has 1 rings (SSSR count). The standard InChI is InChI=1S/C89H146N24O32/c1-13-42(7)68(112-81(137)58(38-61(92)118)107-83(139)66(93)46(11)115)85(141)102-49(23-18-19-33-90)75(131)113-70(47(12)116)87(143)103-51(26-30-63(121)122)73(129)100-53(28-32-65(125)126)77(133)111-69(43(8)14-2)86(142)109-59(39-114)82(138)101-52(27-31-64(123)124)76(132)110-67(41(5)6)84(140)108-57(37-60(91)117)80(136)105-55(35-40(3)4)78(134)98-44(9)71(127)97-45(10)72(128)99-50(25-29-62(119)120)74(130)106-56(36-48-21-16-15-17-22-48)79(135)104-54(88(144)145)24-20-34-96-89(94)95/h15-17,21-22,40-47,49-59,66-70,114-116H,13-14,18-20,23-39,90,93H2,1-12H3,(H2,91,117)(H2,92,118)(H,97,127)(H,98,134)(H,99,128)(H,100,129)(H,101,138)(H,102,141)(H,103,143)(H,104,135)(H,105,136)(H,106,130)(H,107,139)(H,108,140)(H,109,142)(H,110,132)(H,111,133)(H,112,137)(H,113,131)(H,119,120)(H,121,122)(H,123,124)(H,125,126)(H,144,145)(H4,94,95,96)/t42-,43-,44-,45-,46+,47+,49-,50-,51-,52-,53-,54-,55-,56-,57-,58-,59-,66-,67-,68-,69-,70-/m0/s1. The smallest absolute Gasteiger partial charge is 0.326 e. The first-order valence-corrected chi connectivity index (χ1v) is 47.1. The highest BCUT2D eigenvalue weighted by Gasteiger charge is 2.43. The fourth-order valence-corrected chi connectivity index (χ4v) is 13.8. The number of aliphatic hydroxyl groups excluding tert-OH is 3. The second-order valence-electron chi connectivity index (χ2n) is 35.7. The van der Waals surface area contributed by atoms with Crippen molar-refractivity contribution in [3.8, 4) is 0 Å². The van der Waals surface area contributed by atoms with E-state index < -0.39 is 358 Å². The van der Waals surface area contributed by atoms with Crippen molar-refractivity contribution < 1.29 is 156 Å². The van der Waals surface area contributed by atoms with Crippen LogP contribution in [0.5, 0.6) is 0 Å². The summed E-state index contributed by atoms with van der Waals surface area (Å²) in [7, 11) is 0. The summed E-state index contributed by atoms with van der Waals surface area (Å²) in [6, 6.07) is -23.6. The van der Waals surface area contributed by atoms with E-state index in [9.17, 15) is 156 Å². The number of nitrogens with two attached hydrogens (primary N) is 6. The first kappa shape index (κ1) is 129. The number of carbonyl (C=O) groups excluding carboxylic acids is 19. The normalized spacial score (nSPS) is 15.7. The fraction of sp³-hybridized carbons (Fsp3) is 0.652. The van der Waals surface area contributed by atoms with Crippen LogP contribution in [0.3, 0.4) is 0 Å². The molecular weight excluding hydrogens is 1920 g/mol. The minimum atomic E-state index is -2.11. The van der Waals surface area contributed by atoms with Crippen LogP contribution in [-0.2, 0) is 121 Å². The van der Waals surface area contributed by atoms with Gasteiger partial charge in [0.2, 0.25) is 112 Å². The van der Waals surface area contributed by atoms with Crippen molar-refractivity contribution in [3.05, 3.63) is 35.9 Å². The molecule has 1 aromatic carbocycles. The Balaban J connectivity index is 3.63. The van der Waals surface area contributed by atoms with E-state index in [2.05, 4.69) is 95.4 Å². The number of nitrogens with zero attached hydrogens (tertiary/aromatic N) is 1. The Kier molecular flexibility index (Phi) is 58.2. The maximum Gasteiger partial charge on any atom is 0.326 e. The van der Waals surface area contributed by atoms with Gasteiger partial charge in [0.05, 0.1) is 31.7 Å². The number of aliphatic carboxylic acids is 5. The number of rotatable bonds is 71. The van der Waals surface area contributed by atoms with Gasteiger partial charge in [-0.15, -0.1) is 0 Å². The van der Waals surface area contributed by atoms with E-state index in [1.54, 1.807) is 51.1 Å². The summed E-state index contributed by atoms with van der Waals surface area (Å²) in [6.45, 7) is 15.3. The quantitative estimate of drug-likeness (QED) is 0.0164. The van der Waals surface area contributed by atoms with Gasteiger partial charge in [-0.3, -0.25) is 115 Å². The van der Waals surface area contributed by atoms with Crippen molar-refractivity contribution in [2.75, 3.05) is 19.7 Å². The molecule has 19 amide bonds. The van der Waals surface area contributed by atoms with Gasteiger partial charge in [-0.2, -0.15) is 0 Å². The molecule has 1 aromatic rings. The van der Waals surface area contributed by atoms with Gasteiger partial charge in [0.25, 0.3) is 0 Å². The van der Waals surface area contributed by atoms with Gasteiger partial charge in [-0.1, -0.05) is 98.6 Å². The Labute approximate surface area is 835 Å². The van der Waals surface area contributed by atoms with Gasteiger partial charge in [-0.05, 0) is 128 Å². The van der Waals surface area contributed by atoms with Crippen LogP contribution < -0.4 is 125 Å². The molecule has 0 aromatic heterocycles. The van der Waals surface area contributed by atoms with Gasteiger partial charge in [0.1, 0.15) is 109 Å². The lowest BCUT2D eigenvalue weighted by Gasteiger charge is -2.30. The third-order valence-corrected chi connectivity index (χ3v) is 22.6. The van der Waals surface area contributed by atoms with E-state index in [4.69, 9.17) is 34.4 Å². The van der Waals surface area contributed by atoms with Crippen molar-refractivity contribution in [1.82, 2.24) is 90.4 Å². The predicted molar refractivity (Wildman–Crippen MR) is 511 cm³/mol. The average molecular weight is 2060 g/mol. The number of carbonyl (C=O) groups is 24. The molecule has 0 radical (unpaired) electrons. The number of nitrogens with one attached hydrogen (secondary N) is 17. The SMILES string of the molecule is CC[C@H](C)[C@H](NC(=O)[C@H](CCC(=O)O)NC(=O)[C@H](CCC(=O)O)NC(=O)[C@@H](NC(=O)[C@H](CCCCN)NC(=O)[C@@H](NC(=O)[C@H](CC(N)=O)NC(=O)[C@@H](N)[C@@H](C)O)[C@@H](C)CC)[C@@H](C)O)C(=O)N[C@@H](CO)C(=O)N[C@@H](CCC(=O)O)C(=O)N[C@H](C(=O)N[C@@H](CC(N)=O)C(=O)N[C@@H](CC(C)C)C(=O)N[C@@H](C)C(=O)N[C@@H](C)C(=O)N[C@@H](CCC(=O)O)C(=O)N[C@@H](Cc1ccccc1)C(=O)N[C@@H](CCCN=C(N)N)C(=O)O)C(C)C. The molecule has 0 bridgehead atoms. The van der Waals surface area contributed by atoms with E-state index >= 15 is 0 Å². The Morgan fingerprint density at radius 1 is 0.331 bits per heavy atom. The number of hydrogen-bond donors (Lipinski definition) is 31. The molecule has 0 saturated carbocycles. The summed E-state index contributed by atoms with van der Waals surface area (Å²) >= 11 is 0. The summed E-state index contributed by atoms with van der Waals surface area (Å²) in [6.07, 6.45) is -11.7. The fourth-order valence-electron chi connectivity index (χ4n) is 13.8. The van der Waals surface area contributed by atoms with Crippen molar-refractivity contribution >= 4 is 148 Å². The van der Waals surface area contributed by atoms with Crippen LogP contribution in [-0.4, -0.2) is 330 Å². The van der Waals surface area contributed by atoms with Gasteiger partial charge < -0.3 is 166 Å². The van der Waals surface area contributed by atoms with Crippen molar-refractivity contribution in [2.45, 2.75) is 326 Å². The lowest BCUT2D eigenvalue weighted by atomic mass is 9.96. The molecule has 56 nitrogen and oxygen atoms in total. The van der Waals surface area contributed by atoms with E-state index in [1.165, 1.54) is 41.5 Å². The number of benzene rings is 1. The lowest BCUT2D eigenvalue weighted by molar-refractivity contribution is -0.142. The summed E-state index contributed by atoms with van der Waals surface area (Å²) in [4.78, 5) is 328. The Bertz CT molecular complexity index is 4640. The van der Waals surface area contributed by atoms with Gasteiger partial charge in [-0.25, -0.2) is 4.79 Å². The summed E-state index contributed by atoms with van der Waals surface area (Å²) < 4.78 is 0. The highest BCUT2D eigenvalue weighted by Crippen LogP contribution is 2.18. The minimum Gasteiger partial charge on any atom is -0.481 e. The molecule has 0 aliphatic carbocycles. The first-order valence-electron chi connectivity index (χ1n) is 47.1. The van der Waals surface area contributed by atoms with Gasteiger partial charge >= 0.3 is 29.8 Å².